The summed E-state index contributed by atoms with van der Waals surface area (Å²) >= 11 is 0. The molecule has 3 nitrogen and oxygen atoms in total. The number of aromatic nitrogens is 1. The minimum atomic E-state index is -4.32. The Bertz CT molecular complexity index is 582. The molecule has 0 bridgehead atoms. The van der Waals surface area contributed by atoms with Gasteiger partial charge in [-0.15, -0.1) is 0 Å². The number of nitrogens with zero attached hydrogens (tertiary/aromatic N) is 1. The molecule has 0 spiro atoms. The van der Waals surface area contributed by atoms with Crippen LogP contribution in [0.3, 0.4) is 0 Å². The van der Waals surface area contributed by atoms with Crippen molar-refractivity contribution in [2.45, 2.75) is 12.7 Å². The Morgan fingerprint density at radius 1 is 1.05 bits per heavy atom. The van der Waals surface area contributed by atoms with Crippen LogP contribution in [-0.4, -0.2) is 12.0 Å². The second kappa shape index (κ2) is 5.81. The van der Waals surface area contributed by atoms with Gasteiger partial charge in [-0.25, -0.2) is 4.98 Å². The summed E-state index contributed by atoms with van der Waals surface area (Å²) < 4.78 is 37.8. The summed E-state index contributed by atoms with van der Waals surface area (Å²) in [6.07, 6.45) is -4.32. The van der Waals surface area contributed by atoms with Gasteiger partial charge < -0.3 is 10.6 Å². The summed E-state index contributed by atoms with van der Waals surface area (Å²) in [7, 11) is 1.75. The van der Waals surface area contributed by atoms with Gasteiger partial charge >= 0.3 is 6.18 Å². The zero-order valence-corrected chi connectivity index (χ0v) is 10.8. The van der Waals surface area contributed by atoms with E-state index < -0.39 is 11.7 Å². The lowest BCUT2D eigenvalue weighted by Gasteiger charge is -2.10. The highest BCUT2D eigenvalue weighted by Crippen LogP contribution is 2.29. The van der Waals surface area contributed by atoms with Gasteiger partial charge in [-0.05, 0) is 29.8 Å². The summed E-state index contributed by atoms with van der Waals surface area (Å²) in [4.78, 5) is 4.23. The Morgan fingerprint density at radius 3 is 2.45 bits per heavy atom. The number of halogens is 3. The van der Waals surface area contributed by atoms with Crippen molar-refractivity contribution in [1.82, 2.24) is 4.98 Å². The molecule has 0 atom stereocenters. The van der Waals surface area contributed by atoms with E-state index in [4.69, 9.17) is 0 Å². The third-order valence-electron chi connectivity index (χ3n) is 2.73. The third-order valence-corrected chi connectivity index (χ3v) is 2.73. The number of hydrogen-bond donors (Lipinski definition) is 2. The molecule has 0 saturated carbocycles. The fraction of sp³-hybridized carbons (Fsp3) is 0.214. The predicted molar refractivity (Wildman–Crippen MR) is 72.6 cm³/mol. The van der Waals surface area contributed by atoms with Crippen molar-refractivity contribution in [1.29, 1.82) is 0 Å². The molecule has 2 N–H and O–H groups in total. The van der Waals surface area contributed by atoms with Crippen LogP contribution >= 0.6 is 0 Å². The highest BCUT2D eigenvalue weighted by atomic mass is 19.4. The first-order valence-corrected chi connectivity index (χ1v) is 6.04. The standard InChI is InChI=1S/C14H14F3N3/c1-18-12-6-3-7-13(20-12)19-9-10-4-2-5-11(8-10)14(15,16)17/h2-8H,9H2,1H3,(H2,18,19,20). The first-order chi connectivity index (χ1) is 9.49. The first-order valence-electron chi connectivity index (χ1n) is 6.04. The van der Waals surface area contributed by atoms with E-state index in [-0.39, 0.29) is 6.54 Å². The number of pyridine rings is 1. The largest absolute Gasteiger partial charge is 0.416 e. The number of alkyl halides is 3. The molecular formula is C14H14F3N3. The minimum absolute atomic E-state index is 0.282. The number of benzene rings is 1. The molecule has 6 heteroatoms. The van der Waals surface area contributed by atoms with Crippen molar-refractivity contribution in [3.8, 4) is 0 Å². The molecular weight excluding hydrogens is 267 g/mol. The molecule has 0 amide bonds. The minimum Gasteiger partial charge on any atom is -0.373 e. The zero-order valence-electron chi connectivity index (χ0n) is 10.8. The van der Waals surface area contributed by atoms with E-state index in [1.54, 1.807) is 25.2 Å². The van der Waals surface area contributed by atoms with Crippen LogP contribution in [-0.2, 0) is 12.7 Å². The highest BCUT2D eigenvalue weighted by Gasteiger charge is 2.30. The number of rotatable bonds is 4. The molecule has 20 heavy (non-hydrogen) atoms. The Hall–Kier alpha value is -2.24. The monoisotopic (exact) mass is 281 g/mol. The van der Waals surface area contributed by atoms with Crippen LogP contribution in [0.5, 0.6) is 0 Å². The van der Waals surface area contributed by atoms with Gasteiger partial charge in [0.15, 0.2) is 0 Å². The fourth-order valence-corrected chi connectivity index (χ4v) is 1.72. The molecule has 1 heterocycles. The Kier molecular flexibility index (Phi) is 4.12. The lowest BCUT2D eigenvalue weighted by Crippen LogP contribution is -2.07. The van der Waals surface area contributed by atoms with E-state index >= 15 is 0 Å². The van der Waals surface area contributed by atoms with Gasteiger partial charge in [-0.3, -0.25) is 0 Å². The second-order valence-corrected chi connectivity index (χ2v) is 4.21. The number of hydrogen-bond acceptors (Lipinski definition) is 3. The van der Waals surface area contributed by atoms with Gasteiger partial charge in [0, 0.05) is 13.6 Å². The van der Waals surface area contributed by atoms with Crippen LogP contribution in [0.2, 0.25) is 0 Å². The van der Waals surface area contributed by atoms with Crippen molar-refractivity contribution in [3.05, 3.63) is 53.6 Å². The summed E-state index contributed by atoms with van der Waals surface area (Å²) in [5.41, 5.74) is -0.0924. The van der Waals surface area contributed by atoms with Gasteiger partial charge in [-0.2, -0.15) is 13.2 Å². The molecule has 0 unspecified atom stereocenters. The second-order valence-electron chi connectivity index (χ2n) is 4.21. The van der Waals surface area contributed by atoms with Crippen LogP contribution in [0, 0.1) is 0 Å². The van der Waals surface area contributed by atoms with Gasteiger partial charge in [0.2, 0.25) is 0 Å². The maximum atomic E-state index is 12.6. The van der Waals surface area contributed by atoms with Gasteiger partial charge in [0.1, 0.15) is 11.6 Å². The Morgan fingerprint density at radius 2 is 1.75 bits per heavy atom. The molecule has 0 radical (unpaired) electrons. The van der Waals surface area contributed by atoms with Crippen molar-refractivity contribution < 1.29 is 13.2 Å². The van der Waals surface area contributed by atoms with Crippen LogP contribution < -0.4 is 10.6 Å². The van der Waals surface area contributed by atoms with Crippen LogP contribution in [0.4, 0.5) is 24.8 Å². The summed E-state index contributed by atoms with van der Waals surface area (Å²) in [6, 6.07) is 10.6. The van der Waals surface area contributed by atoms with Crippen LogP contribution in [0.15, 0.2) is 42.5 Å². The predicted octanol–water partition coefficient (Wildman–Crippen LogP) is 3.75. The van der Waals surface area contributed by atoms with E-state index in [0.29, 0.717) is 17.2 Å². The van der Waals surface area contributed by atoms with E-state index in [9.17, 15) is 13.2 Å². The topological polar surface area (TPSA) is 37.0 Å². The van der Waals surface area contributed by atoms with Crippen molar-refractivity contribution in [2.24, 2.45) is 0 Å². The molecule has 0 fully saturated rings. The molecule has 2 aromatic rings. The molecule has 0 aliphatic carbocycles. The molecule has 0 saturated heterocycles. The Balaban J connectivity index is 2.07. The van der Waals surface area contributed by atoms with Crippen molar-refractivity contribution in [3.63, 3.8) is 0 Å². The third kappa shape index (κ3) is 3.63. The van der Waals surface area contributed by atoms with Crippen molar-refractivity contribution >= 4 is 11.6 Å². The molecule has 106 valence electrons. The summed E-state index contributed by atoms with van der Waals surface area (Å²) in [5.74, 6) is 1.30. The molecule has 2 rings (SSSR count). The normalized spacial score (nSPS) is 11.2. The summed E-state index contributed by atoms with van der Waals surface area (Å²) in [5, 5.41) is 5.89. The quantitative estimate of drug-likeness (QED) is 0.896. The van der Waals surface area contributed by atoms with Gasteiger partial charge in [-0.1, -0.05) is 18.2 Å². The lowest BCUT2D eigenvalue weighted by molar-refractivity contribution is -0.137. The molecule has 0 aliphatic rings. The van der Waals surface area contributed by atoms with E-state index in [2.05, 4.69) is 15.6 Å². The number of nitrogens with one attached hydrogen (secondary N) is 2. The average Bonchev–Trinajstić information content (AvgIpc) is 2.45. The van der Waals surface area contributed by atoms with Gasteiger partial charge in [0.25, 0.3) is 0 Å². The lowest BCUT2D eigenvalue weighted by atomic mass is 10.1. The van der Waals surface area contributed by atoms with E-state index in [0.717, 1.165) is 12.1 Å². The zero-order chi connectivity index (χ0) is 14.6. The molecule has 1 aromatic carbocycles. The molecule has 1 aromatic heterocycles. The SMILES string of the molecule is CNc1cccc(NCc2cccc(C(F)(F)F)c2)n1. The van der Waals surface area contributed by atoms with Crippen LogP contribution in [0.1, 0.15) is 11.1 Å². The van der Waals surface area contributed by atoms with Crippen molar-refractivity contribution in [2.75, 3.05) is 17.7 Å². The molecule has 0 aliphatic heterocycles. The highest BCUT2D eigenvalue weighted by molar-refractivity contribution is 5.45. The fourth-order valence-electron chi connectivity index (χ4n) is 1.72. The van der Waals surface area contributed by atoms with E-state index in [1.165, 1.54) is 6.07 Å². The smallest absolute Gasteiger partial charge is 0.373 e. The maximum absolute atomic E-state index is 12.6. The average molecular weight is 281 g/mol. The van der Waals surface area contributed by atoms with Crippen LogP contribution in [0.25, 0.3) is 0 Å². The Labute approximate surface area is 114 Å². The van der Waals surface area contributed by atoms with E-state index in [1.807, 2.05) is 6.07 Å². The number of anilines is 2. The maximum Gasteiger partial charge on any atom is 0.416 e. The first kappa shape index (κ1) is 14.2. The summed E-state index contributed by atoms with van der Waals surface area (Å²) in [6.45, 7) is 0.282. The van der Waals surface area contributed by atoms with Gasteiger partial charge in [0.05, 0.1) is 5.56 Å².